The molecule has 0 unspecified atom stereocenters. The first kappa shape index (κ1) is 20.7. The van der Waals surface area contributed by atoms with Crippen LogP contribution >= 0.6 is 11.6 Å². The summed E-state index contributed by atoms with van der Waals surface area (Å²) in [7, 11) is 0. The van der Waals surface area contributed by atoms with Gasteiger partial charge in [-0.2, -0.15) is 0 Å². The smallest absolute Gasteiger partial charge is 0.227 e. The highest BCUT2D eigenvalue weighted by Gasteiger charge is 2.23. The number of aromatic nitrogens is 2. The van der Waals surface area contributed by atoms with Crippen molar-refractivity contribution in [2.24, 2.45) is 0 Å². The lowest BCUT2D eigenvalue weighted by molar-refractivity contribution is -0.132. The van der Waals surface area contributed by atoms with Gasteiger partial charge in [0.25, 0.3) is 0 Å². The molecule has 0 atom stereocenters. The lowest BCUT2D eigenvalue weighted by Crippen LogP contribution is -2.48. The number of hydrogen-bond donors (Lipinski definition) is 0. The van der Waals surface area contributed by atoms with E-state index in [2.05, 4.69) is 15.5 Å². The first-order valence-corrected chi connectivity index (χ1v) is 11.3. The average Bonchev–Trinajstić information content (AvgIpc) is 3.19. The molecule has 2 aromatic heterocycles. The average molecular weight is 445 g/mol. The summed E-state index contributed by atoms with van der Waals surface area (Å²) in [6, 6.07) is 23.9. The summed E-state index contributed by atoms with van der Waals surface area (Å²) >= 11 is 6.10. The van der Waals surface area contributed by atoms with Gasteiger partial charge in [0.1, 0.15) is 5.65 Å². The molecule has 2 aromatic carbocycles. The zero-order valence-corrected chi connectivity index (χ0v) is 18.6. The van der Waals surface area contributed by atoms with Crippen LogP contribution in [-0.2, 0) is 17.8 Å². The molecule has 5 nitrogen and oxygen atoms in total. The van der Waals surface area contributed by atoms with Gasteiger partial charge in [0.05, 0.1) is 17.8 Å². The molecule has 1 aliphatic rings. The minimum atomic E-state index is 0.201. The van der Waals surface area contributed by atoms with E-state index in [-0.39, 0.29) is 5.91 Å². The Morgan fingerprint density at radius 2 is 1.59 bits per heavy atom. The number of fused-ring (bicyclic) bond motifs is 1. The van der Waals surface area contributed by atoms with Crippen molar-refractivity contribution in [2.75, 3.05) is 26.2 Å². The summed E-state index contributed by atoms with van der Waals surface area (Å²) in [6.45, 7) is 3.97. The first-order chi connectivity index (χ1) is 15.7. The third kappa shape index (κ3) is 4.40. The normalized spacial score (nSPS) is 14.7. The maximum Gasteiger partial charge on any atom is 0.227 e. The molecular weight excluding hydrogens is 420 g/mol. The van der Waals surface area contributed by atoms with Crippen LogP contribution in [0.3, 0.4) is 0 Å². The molecule has 3 heterocycles. The molecule has 32 heavy (non-hydrogen) atoms. The van der Waals surface area contributed by atoms with Gasteiger partial charge < -0.3 is 9.30 Å². The Bertz CT molecular complexity index is 1210. The van der Waals surface area contributed by atoms with Crippen LogP contribution in [0.2, 0.25) is 5.02 Å². The van der Waals surface area contributed by atoms with Crippen molar-refractivity contribution in [2.45, 2.75) is 13.0 Å². The van der Waals surface area contributed by atoms with Crippen LogP contribution in [-0.4, -0.2) is 51.3 Å². The molecule has 1 saturated heterocycles. The van der Waals surface area contributed by atoms with E-state index in [0.717, 1.165) is 65.9 Å². The summed E-state index contributed by atoms with van der Waals surface area (Å²) < 4.78 is 2.16. The highest BCUT2D eigenvalue weighted by atomic mass is 35.5. The fourth-order valence-electron chi connectivity index (χ4n) is 4.29. The Hall–Kier alpha value is -3.15. The summed E-state index contributed by atoms with van der Waals surface area (Å²) in [6.07, 6.45) is 2.53. The van der Waals surface area contributed by atoms with Crippen molar-refractivity contribution in [1.29, 1.82) is 0 Å². The third-order valence-corrected chi connectivity index (χ3v) is 6.30. The van der Waals surface area contributed by atoms with Gasteiger partial charge in [0, 0.05) is 49.5 Å². The number of piperazine rings is 1. The van der Waals surface area contributed by atoms with E-state index in [9.17, 15) is 4.79 Å². The maximum absolute atomic E-state index is 12.7. The second kappa shape index (κ2) is 9.15. The number of hydrogen-bond acceptors (Lipinski definition) is 3. The summed E-state index contributed by atoms with van der Waals surface area (Å²) in [5, 5.41) is 0.718. The third-order valence-electron chi connectivity index (χ3n) is 6.04. The predicted octanol–water partition coefficient (Wildman–Crippen LogP) is 4.54. The minimum Gasteiger partial charge on any atom is -0.340 e. The molecule has 0 saturated carbocycles. The van der Waals surface area contributed by atoms with Gasteiger partial charge in [-0.15, -0.1) is 0 Å². The minimum absolute atomic E-state index is 0.201. The van der Waals surface area contributed by atoms with Gasteiger partial charge in [-0.1, -0.05) is 60.1 Å². The SMILES string of the molecule is O=C(Cc1ccccc1)N1CCN(Cc2c(-c3ccc(Cl)cc3)nc3ccccn23)CC1. The largest absolute Gasteiger partial charge is 0.340 e. The number of nitrogens with zero attached hydrogens (tertiary/aromatic N) is 4. The van der Waals surface area contributed by atoms with E-state index in [1.807, 2.05) is 77.7 Å². The maximum atomic E-state index is 12.7. The Balaban J connectivity index is 1.31. The van der Waals surface area contributed by atoms with Crippen LogP contribution in [0.1, 0.15) is 11.3 Å². The van der Waals surface area contributed by atoms with Crippen molar-refractivity contribution in [3.8, 4) is 11.3 Å². The molecule has 162 valence electrons. The second-order valence-corrected chi connectivity index (χ2v) is 8.60. The summed E-state index contributed by atoms with van der Waals surface area (Å²) in [5.41, 5.74) is 5.20. The van der Waals surface area contributed by atoms with Crippen LogP contribution in [0, 0.1) is 0 Å². The number of benzene rings is 2. The van der Waals surface area contributed by atoms with E-state index in [1.165, 1.54) is 0 Å². The fourth-order valence-corrected chi connectivity index (χ4v) is 4.41. The predicted molar refractivity (Wildman–Crippen MR) is 128 cm³/mol. The molecular formula is C26H25ClN4O. The zero-order chi connectivity index (χ0) is 21.9. The second-order valence-electron chi connectivity index (χ2n) is 8.16. The number of pyridine rings is 1. The van der Waals surface area contributed by atoms with E-state index in [1.54, 1.807) is 0 Å². The van der Waals surface area contributed by atoms with Crippen LogP contribution < -0.4 is 0 Å². The molecule has 0 spiro atoms. The highest BCUT2D eigenvalue weighted by molar-refractivity contribution is 6.30. The Labute approximate surface area is 192 Å². The molecule has 1 fully saturated rings. The molecule has 5 rings (SSSR count). The summed E-state index contributed by atoms with van der Waals surface area (Å²) in [4.78, 5) is 22.0. The summed E-state index contributed by atoms with van der Waals surface area (Å²) in [5.74, 6) is 0.201. The number of halogens is 1. The monoisotopic (exact) mass is 444 g/mol. The van der Waals surface area contributed by atoms with Crippen LogP contribution in [0.25, 0.3) is 16.9 Å². The first-order valence-electron chi connectivity index (χ1n) is 10.9. The molecule has 0 N–H and O–H groups in total. The molecule has 4 aromatic rings. The van der Waals surface area contributed by atoms with Crippen molar-refractivity contribution < 1.29 is 4.79 Å². The van der Waals surface area contributed by atoms with Gasteiger partial charge in [-0.3, -0.25) is 9.69 Å². The van der Waals surface area contributed by atoms with Crippen LogP contribution in [0.15, 0.2) is 79.0 Å². The van der Waals surface area contributed by atoms with Crippen molar-refractivity contribution in [1.82, 2.24) is 19.2 Å². The van der Waals surface area contributed by atoms with E-state index >= 15 is 0 Å². The van der Waals surface area contributed by atoms with Gasteiger partial charge in [0.15, 0.2) is 0 Å². The van der Waals surface area contributed by atoms with Crippen LogP contribution in [0.4, 0.5) is 0 Å². The van der Waals surface area contributed by atoms with Crippen molar-refractivity contribution >= 4 is 23.2 Å². The van der Waals surface area contributed by atoms with Gasteiger partial charge >= 0.3 is 0 Å². The number of rotatable bonds is 5. The Morgan fingerprint density at radius 3 is 2.34 bits per heavy atom. The molecule has 0 aliphatic carbocycles. The number of amides is 1. The fraction of sp³-hybridized carbons (Fsp3) is 0.231. The van der Waals surface area contributed by atoms with E-state index in [4.69, 9.17) is 16.6 Å². The lowest BCUT2D eigenvalue weighted by atomic mass is 10.1. The van der Waals surface area contributed by atoms with E-state index < -0.39 is 0 Å². The molecule has 1 amide bonds. The van der Waals surface area contributed by atoms with E-state index in [0.29, 0.717) is 6.42 Å². The molecule has 6 heteroatoms. The number of carbonyl (C=O) groups excluding carboxylic acids is 1. The molecule has 0 bridgehead atoms. The number of carbonyl (C=O) groups is 1. The quantitative estimate of drug-likeness (QED) is 0.453. The topological polar surface area (TPSA) is 40.9 Å². The van der Waals surface area contributed by atoms with Crippen molar-refractivity contribution in [3.05, 3.63) is 95.3 Å². The highest BCUT2D eigenvalue weighted by Crippen LogP contribution is 2.27. The Morgan fingerprint density at radius 1 is 0.875 bits per heavy atom. The van der Waals surface area contributed by atoms with Gasteiger partial charge in [-0.25, -0.2) is 4.98 Å². The number of imidazole rings is 1. The zero-order valence-electron chi connectivity index (χ0n) is 17.8. The standard InChI is InChI=1S/C26H25ClN4O/c27-22-11-9-21(10-12-22)26-23(31-13-5-4-8-24(31)28-26)19-29-14-16-30(17-15-29)25(32)18-20-6-2-1-3-7-20/h1-13H,14-19H2. The molecule has 1 aliphatic heterocycles. The van der Waals surface area contributed by atoms with Gasteiger partial charge in [-0.05, 0) is 29.8 Å². The van der Waals surface area contributed by atoms with Crippen molar-refractivity contribution in [3.63, 3.8) is 0 Å². The van der Waals surface area contributed by atoms with Gasteiger partial charge in [0.2, 0.25) is 5.91 Å². The molecule has 0 radical (unpaired) electrons. The van der Waals surface area contributed by atoms with Crippen LogP contribution in [0.5, 0.6) is 0 Å². The lowest BCUT2D eigenvalue weighted by Gasteiger charge is -2.34. The Kier molecular flexibility index (Phi) is 5.93.